The molecular weight excluding hydrogens is 393 g/mol. The number of fused-ring (bicyclic) bond motifs is 2. The number of unbranched alkanes of at least 4 members (excludes halogenated alkanes) is 1. The van der Waals surface area contributed by atoms with Gasteiger partial charge in [0.25, 0.3) is 0 Å². The van der Waals surface area contributed by atoms with Crippen molar-refractivity contribution in [3.63, 3.8) is 0 Å². The smallest absolute Gasteiger partial charge is 0.335 e. The first-order valence-corrected chi connectivity index (χ1v) is 9.57. The SMILES string of the molecule is Cn1c2cccc(=O)c-2cc2c1CCC=C2F.NCCCCC(N)(C(=O)O)C(=O)O. The highest BCUT2D eigenvalue weighted by Gasteiger charge is 2.41. The predicted molar refractivity (Wildman–Crippen MR) is 111 cm³/mol. The average molecular weight is 419 g/mol. The van der Waals surface area contributed by atoms with Gasteiger partial charge in [0.2, 0.25) is 5.54 Å². The topological polar surface area (TPSA) is 149 Å². The first-order chi connectivity index (χ1) is 14.1. The van der Waals surface area contributed by atoms with E-state index in [9.17, 15) is 18.8 Å². The van der Waals surface area contributed by atoms with E-state index in [1.54, 1.807) is 18.2 Å². The van der Waals surface area contributed by atoms with E-state index in [4.69, 9.17) is 21.7 Å². The van der Waals surface area contributed by atoms with E-state index >= 15 is 0 Å². The zero-order chi connectivity index (χ0) is 22.5. The van der Waals surface area contributed by atoms with Crippen LogP contribution in [0.4, 0.5) is 4.39 Å². The molecule has 9 heteroatoms. The van der Waals surface area contributed by atoms with Crippen LogP contribution in [0.1, 0.15) is 36.9 Å². The minimum absolute atomic E-state index is 0.0562. The Morgan fingerprint density at radius 1 is 1.20 bits per heavy atom. The lowest BCUT2D eigenvalue weighted by atomic mass is 9.94. The van der Waals surface area contributed by atoms with Crippen molar-refractivity contribution in [2.45, 2.75) is 37.6 Å². The second kappa shape index (κ2) is 9.64. The number of rotatable bonds is 6. The number of hydrogen-bond donors (Lipinski definition) is 4. The van der Waals surface area contributed by atoms with Gasteiger partial charge in [-0.05, 0) is 62.9 Å². The van der Waals surface area contributed by atoms with E-state index in [1.807, 2.05) is 17.7 Å². The maximum atomic E-state index is 13.8. The molecule has 0 bridgehead atoms. The first-order valence-electron chi connectivity index (χ1n) is 9.57. The van der Waals surface area contributed by atoms with Crippen LogP contribution in [0.2, 0.25) is 0 Å². The number of aliphatic carboxylic acids is 2. The quantitative estimate of drug-likeness (QED) is 0.411. The van der Waals surface area contributed by atoms with Crippen molar-refractivity contribution in [3.05, 3.63) is 51.8 Å². The molecule has 3 rings (SSSR count). The van der Waals surface area contributed by atoms with Crippen molar-refractivity contribution in [3.8, 4) is 11.3 Å². The van der Waals surface area contributed by atoms with Crippen LogP contribution in [0.25, 0.3) is 17.1 Å². The van der Waals surface area contributed by atoms with Crippen molar-refractivity contribution < 1.29 is 24.2 Å². The number of halogens is 1. The number of hydrogen-bond acceptors (Lipinski definition) is 5. The third-order valence-electron chi connectivity index (χ3n) is 5.16. The van der Waals surface area contributed by atoms with Gasteiger partial charge in [0, 0.05) is 23.9 Å². The van der Waals surface area contributed by atoms with Crippen molar-refractivity contribution in [2.24, 2.45) is 18.5 Å². The molecule has 0 aromatic carbocycles. The highest BCUT2D eigenvalue weighted by atomic mass is 19.1. The Balaban J connectivity index is 0.000000224. The lowest BCUT2D eigenvalue weighted by Gasteiger charge is -2.22. The van der Waals surface area contributed by atoms with Crippen LogP contribution in [-0.2, 0) is 23.1 Å². The highest BCUT2D eigenvalue weighted by Crippen LogP contribution is 2.32. The number of carboxylic acid groups (broad SMARTS) is 2. The van der Waals surface area contributed by atoms with Crippen LogP contribution in [0.3, 0.4) is 0 Å². The van der Waals surface area contributed by atoms with Gasteiger partial charge < -0.3 is 26.2 Å². The summed E-state index contributed by atoms with van der Waals surface area (Å²) >= 11 is 0. The van der Waals surface area contributed by atoms with Crippen LogP contribution in [-0.4, -0.2) is 38.8 Å². The van der Waals surface area contributed by atoms with Crippen LogP contribution < -0.4 is 16.9 Å². The molecular formula is C21H26FN3O5. The minimum atomic E-state index is -2.17. The third kappa shape index (κ3) is 4.74. The Kier molecular flexibility index (Phi) is 7.47. The normalized spacial score (nSPS) is 13.1. The zero-order valence-electron chi connectivity index (χ0n) is 16.7. The predicted octanol–water partition coefficient (Wildman–Crippen LogP) is 1.73. The minimum Gasteiger partial charge on any atom is -0.479 e. The number of pyridine rings is 1. The van der Waals surface area contributed by atoms with Gasteiger partial charge in [-0.3, -0.25) is 4.79 Å². The monoisotopic (exact) mass is 419 g/mol. The van der Waals surface area contributed by atoms with Crippen molar-refractivity contribution >= 4 is 17.8 Å². The number of benzene rings is 1. The number of nitrogens with zero attached hydrogens (tertiary/aromatic N) is 1. The molecule has 3 aliphatic rings. The summed E-state index contributed by atoms with van der Waals surface area (Å²) in [6.45, 7) is 0.398. The summed E-state index contributed by atoms with van der Waals surface area (Å²) in [6, 6.07) is 6.83. The Hall–Kier alpha value is -3.04. The Morgan fingerprint density at radius 2 is 1.87 bits per heavy atom. The molecule has 0 atom stereocenters. The zero-order valence-corrected chi connectivity index (χ0v) is 16.7. The summed E-state index contributed by atoms with van der Waals surface area (Å²) in [5.41, 5.74) is 11.1. The first kappa shape index (κ1) is 23.2. The molecule has 6 N–H and O–H groups in total. The van der Waals surface area contributed by atoms with Gasteiger partial charge in [-0.25, -0.2) is 14.0 Å². The van der Waals surface area contributed by atoms with Crippen molar-refractivity contribution in [1.29, 1.82) is 0 Å². The number of carboxylic acids is 2. The number of carbonyl (C=O) groups is 2. The van der Waals surface area contributed by atoms with E-state index in [-0.39, 0.29) is 17.7 Å². The second-order valence-corrected chi connectivity index (χ2v) is 7.17. The molecule has 2 aliphatic carbocycles. The lowest BCUT2D eigenvalue weighted by molar-refractivity contribution is -0.157. The lowest BCUT2D eigenvalue weighted by Crippen LogP contribution is -2.54. The van der Waals surface area contributed by atoms with E-state index in [0.717, 1.165) is 24.2 Å². The summed E-state index contributed by atoms with van der Waals surface area (Å²) in [4.78, 5) is 32.8. The maximum absolute atomic E-state index is 13.8. The van der Waals surface area contributed by atoms with Gasteiger partial charge in [-0.1, -0.05) is 6.07 Å². The molecule has 30 heavy (non-hydrogen) atoms. The Morgan fingerprint density at radius 3 is 2.47 bits per heavy atom. The molecule has 0 amide bonds. The molecule has 1 heterocycles. The van der Waals surface area contributed by atoms with Gasteiger partial charge in [0.15, 0.2) is 5.43 Å². The molecule has 1 aliphatic heterocycles. The summed E-state index contributed by atoms with van der Waals surface area (Å²) < 4.78 is 15.7. The highest BCUT2D eigenvalue weighted by molar-refractivity contribution is 6.02. The molecule has 0 fully saturated rings. The van der Waals surface area contributed by atoms with Crippen LogP contribution in [0.15, 0.2) is 35.1 Å². The van der Waals surface area contributed by atoms with Crippen LogP contribution in [0, 0.1) is 0 Å². The Bertz CT molecular complexity index is 985. The van der Waals surface area contributed by atoms with Gasteiger partial charge >= 0.3 is 11.9 Å². The summed E-state index contributed by atoms with van der Waals surface area (Å²) in [7, 11) is 1.89. The third-order valence-corrected chi connectivity index (χ3v) is 5.16. The van der Waals surface area contributed by atoms with Crippen LogP contribution >= 0.6 is 0 Å². The van der Waals surface area contributed by atoms with Crippen molar-refractivity contribution in [2.75, 3.05) is 6.54 Å². The average Bonchev–Trinajstić information content (AvgIpc) is 2.70. The molecule has 0 radical (unpaired) electrons. The molecule has 0 aromatic heterocycles. The molecule has 0 aromatic rings. The fraction of sp³-hybridized carbons (Fsp3) is 0.381. The molecule has 0 spiro atoms. The molecule has 162 valence electrons. The summed E-state index contributed by atoms with van der Waals surface area (Å²) in [5.74, 6) is -3.25. The fourth-order valence-corrected chi connectivity index (χ4v) is 3.33. The number of nitrogens with two attached hydrogens (primary N) is 2. The summed E-state index contributed by atoms with van der Waals surface area (Å²) in [5, 5.41) is 17.1. The Labute approximate surface area is 173 Å². The largest absolute Gasteiger partial charge is 0.479 e. The molecule has 0 saturated carbocycles. The van der Waals surface area contributed by atoms with E-state index in [0.29, 0.717) is 30.5 Å². The maximum Gasteiger partial charge on any atom is 0.335 e. The van der Waals surface area contributed by atoms with Gasteiger partial charge in [0.1, 0.15) is 5.83 Å². The van der Waals surface area contributed by atoms with Crippen molar-refractivity contribution in [1.82, 2.24) is 4.57 Å². The summed E-state index contributed by atoms with van der Waals surface area (Å²) in [6.07, 6.45) is 3.98. The van der Waals surface area contributed by atoms with E-state index < -0.39 is 17.5 Å². The van der Waals surface area contributed by atoms with E-state index in [1.165, 1.54) is 6.07 Å². The molecule has 0 unspecified atom stereocenters. The van der Waals surface area contributed by atoms with Gasteiger partial charge in [-0.15, -0.1) is 0 Å². The number of aromatic nitrogens is 1. The standard InChI is InChI=1S/C14H12FNO.C7H14N2O4/c1-16-12-5-2-4-11(15)9(12)8-10-13(16)6-3-7-14(10)17;8-4-2-1-3-7(9,5(10)11)6(12)13/h3-4,6-8H,2,5H2,1H3;1-4,8-9H2,(H,10,11)(H,12,13). The molecule has 8 nitrogen and oxygen atoms in total. The fourth-order valence-electron chi connectivity index (χ4n) is 3.33. The number of allylic oxidation sites excluding steroid dienone is 1. The van der Waals surface area contributed by atoms with E-state index in [2.05, 4.69) is 0 Å². The molecule has 0 saturated heterocycles. The van der Waals surface area contributed by atoms with Gasteiger partial charge in [0.05, 0.1) is 5.69 Å². The second-order valence-electron chi connectivity index (χ2n) is 7.17. The van der Waals surface area contributed by atoms with Gasteiger partial charge in [-0.2, -0.15) is 0 Å². The van der Waals surface area contributed by atoms with Crippen LogP contribution in [0.5, 0.6) is 0 Å².